The highest BCUT2D eigenvalue weighted by Gasteiger charge is 2.29. The smallest absolute Gasteiger partial charge is 0.171 e. The van der Waals surface area contributed by atoms with Gasteiger partial charge in [0.2, 0.25) is 0 Å². The lowest BCUT2D eigenvalue weighted by Crippen LogP contribution is -2.24. The van der Waals surface area contributed by atoms with Gasteiger partial charge in [0.15, 0.2) is 7.14 Å². The van der Waals surface area contributed by atoms with Crippen LogP contribution in [0.25, 0.3) is 54.9 Å². The van der Waals surface area contributed by atoms with Crippen LogP contribution in [-0.4, -0.2) is 0 Å². The van der Waals surface area contributed by atoms with Crippen molar-refractivity contribution < 1.29 is 4.57 Å². The minimum Gasteiger partial charge on any atom is -0.309 e. The first-order chi connectivity index (χ1) is 22.7. The molecule has 0 unspecified atom stereocenters. The summed E-state index contributed by atoms with van der Waals surface area (Å²) in [6, 6.07) is 65.0. The van der Waals surface area contributed by atoms with Gasteiger partial charge < -0.3 is 4.57 Å². The molecule has 46 heavy (non-hydrogen) atoms. The summed E-state index contributed by atoms with van der Waals surface area (Å²) in [7, 11) is -3.04. The molecule has 8 aromatic rings. The maximum atomic E-state index is 14.9. The van der Waals surface area contributed by atoms with Gasteiger partial charge in [-0.15, -0.1) is 0 Å². The number of hydrogen-bond acceptors (Lipinski definition) is 1. The van der Waals surface area contributed by atoms with E-state index < -0.39 is 7.14 Å². The summed E-state index contributed by atoms with van der Waals surface area (Å²) in [5, 5.41) is 7.43. The molecule has 2 heteroatoms. The van der Waals surface area contributed by atoms with Crippen LogP contribution in [0.1, 0.15) is 0 Å². The average Bonchev–Trinajstić information content (AvgIpc) is 3.14. The molecule has 0 amide bonds. The molecule has 0 aliphatic carbocycles. The molecule has 8 rings (SSSR count). The monoisotopic (exact) mass is 606 g/mol. The SMILES string of the molecule is O=P(c1ccccc1)(c1ccccc1)c1ccc(-c2ccc3c(-c4ccccc4)c4ccccc4c(-c4ccccc4)c3c2)cc1. The Morgan fingerprint density at radius 1 is 0.283 bits per heavy atom. The lowest BCUT2D eigenvalue weighted by atomic mass is 9.85. The maximum Gasteiger partial charge on any atom is 0.171 e. The van der Waals surface area contributed by atoms with Crippen molar-refractivity contribution in [3.8, 4) is 33.4 Å². The minimum absolute atomic E-state index is 0.830. The van der Waals surface area contributed by atoms with Crippen LogP contribution in [0.3, 0.4) is 0 Å². The van der Waals surface area contributed by atoms with E-state index >= 15 is 0 Å². The number of fused-ring (bicyclic) bond motifs is 2. The summed E-state index contributed by atoms with van der Waals surface area (Å²) in [6.07, 6.45) is 0. The molecule has 0 fully saturated rings. The Balaban J connectivity index is 1.33. The Morgan fingerprint density at radius 2 is 0.652 bits per heavy atom. The topological polar surface area (TPSA) is 17.1 Å². The molecular weight excluding hydrogens is 575 g/mol. The predicted molar refractivity (Wildman–Crippen MR) is 197 cm³/mol. The van der Waals surface area contributed by atoms with Gasteiger partial charge in [-0.3, -0.25) is 0 Å². The lowest BCUT2D eigenvalue weighted by molar-refractivity contribution is 0.592. The van der Waals surface area contributed by atoms with E-state index in [-0.39, 0.29) is 0 Å². The van der Waals surface area contributed by atoms with Crippen molar-refractivity contribution in [2.75, 3.05) is 0 Å². The van der Waals surface area contributed by atoms with Gasteiger partial charge in [-0.2, -0.15) is 0 Å². The van der Waals surface area contributed by atoms with Crippen LogP contribution in [0.15, 0.2) is 188 Å². The summed E-state index contributed by atoms with van der Waals surface area (Å²) in [6.45, 7) is 0. The lowest BCUT2D eigenvalue weighted by Gasteiger charge is -2.20. The van der Waals surface area contributed by atoms with Gasteiger partial charge in [0.25, 0.3) is 0 Å². The molecule has 0 spiro atoms. The molecule has 0 aliphatic heterocycles. The first-order valence-electron chi connectivity index (χ1n) is 15.6. The van der Waals surface area contributed by atoms with Gasteiger partial charge in [-0.05, 0) is 61.0 Å². The number of benzene rings is 8. The molecular formula is C44H31OP. The second-order valence-corrected chi connectivity index (χ2v) is 14.4. The standard InChI is InChI=1S/C44H31OP/c45-46(36-19-9-3-10-20-36,37-21-11-4-12-22-37)38-28-25-32(26-29-38)35-27-30-41-42(31-35)44(34-17-7-2-8-18-34)40-24-14-13-23-39(40)43(41)33-15-5-1-6-16-33/h1-31H. The first kappa shape index (κ1) is 28.0. The van der Waals surface area contributed by atoms with E-state index in [1.807, 2.05) is 72.8 Å². The summed E-state index contributed by atoms with van der Waals surface area (Å²) >= 11 is 0. The van der Waals surface area contributed by atoms with Crippen molar-refractivity contribution in [3.05, 3.63) is 188 Å². The zero-order chi connectivity index (χ0) is 30.9. The molecule has 0 aliphatic rings. The summed E-state index contributed by atoms with van der Waals surface area (Å²) in [5.41, 5.74) is 7.11. The Morgan fingerprint density at radius 3 is 1.15 bits per heavy atom. The second-order valence-electron chi connectivity index (χ2n) is 11.6. The van der Waals surface area contributed by atoms with E-state index in [0.29, 0.717) is 0 Å². The fourth-order valence-electron chi connectivity index (χ4n) is 6.78. The molecule has 0 atom stereocenters. The van der Waals surface area contributed by atoms with Crippen LogP contribution in [0.5, 0.6) is 0 Å². The highest BCUT2D eigenvalue weighted by Crippen LogP contribution is 2.45. The molecule has 0 heterocycles. The van der Waals surface area contributed by atoms with Gasteiger partial charge in [0.05, 0.1) is 0 Å². The van der Waals surface area contributed by atoms with E-state index in [4.69, 9.17) is 0 Å². The quantitative estimate of drug-likeness (QED) is 0.136. The fraction of sp³-hybridized carbons (Fsp3) is 0. The molecule has 0 radical (unpaired) electrons. The Bertz CT molecular complexity index is 2300. The zero-order valence-electron chi connectivity index (χ0n) is 25.3. The van der Waals surface area contributed by atoms with Crippen molar-refractivity contribution in [3.63, 3.8) is 0 Å². The van der Waals surface area contributed by atoms with Gasteiger partial charge in [-0.25, -0.2) is 0 Å². The normalized spacial score (nSPS) is 11.6. The molecule has 0 saturated heterocycles. The van der Waals surface area contributed by atoms with Crippen LogP contribution in [0.4, 0.5) is 0 Å². The van der Waals surface area contributed by atoms with Gasteiger partial charge >= 0.3 is 0 Å². The third kappa shape index (κ3) is 4.78. The van der Waals surface area contributed by atoms with Gasteiger partial charge in [0, 0.05) is 15.9 Å². The van der Waals surface area contributed by atoms with E-state index in [9.17, 15) is 4.57 Å². The summed E-state index contributed by atoms with van der Waals surface area (Å²) in [5.74, 6) is 0. The van der Waals surface area contributed by atoms with Crippen molar-refractivity contribution in [2.45, 2.75) is 0 Å². The van der Waals surface area contributed by atoms with Gasteiger partial charge in [0.1, 0.15) is 0 Å². The maximum absolute atomic E-state index is 14.9. The van der Waals surface area contributed by atoms with Crippen LogP contribution in [0.2, 0.25) is 0 Å². The van der Waals surface area contributed by atoms with Crippen LogP contribution >= 0.6 is 7.14 Å². The first-order valence-corrected chi connectivity index (χ1v) is 17.3. The number of rotatable bonds is 6. The molecule has 0 N–H and O–H groups in total. The second kappa shape index (κ2) is 11.8. The van der Waals surface area contributed by atoms with Crippen molar-refractivity contribution >= 4 is 44.6 Å². The van der Waals surface area contributed by atoms with Gasteiger partial charge in [-0.1, -0.05) is 182 Å². The molecule has 218 valence electrons. The van der Waals surface area contributed by atoms with Crippen molar-refractivity contribution in [1.29, 1.82) is 0 Å². The highest BCUT2D eigenvalue weighted by atomic mass is 31.2. The van der Waals surface area contributed by atoms with Crippen LogP contribution in [0, 0.1) is 0 Å². The van der Waals surface area contributed by atoms with E-state index in [1.54, 1.807) is 0 Å². The highest BCUT2D eigenvalue weighted by molar-refractivity contribution is 7.85. The summed E-state index contributed by atoms with van der Waals surface area (Å²) in [4.78, 5) is 0. The molecule has 0 saturated carbocycles. The summed E-state index contributed by atoms with van der Waals surface area (Å²) < 4.78 is 14.9. The molecule has 8 aromatic carbocycles. The fourth-order valence-corrected chi connectivity index (χ4v) is 9.42. The molecule has 0 bridgehead atoms. The van der Waals surface area contributed by atoms with E-state index in [0.717, 1.165) is 27.0 Å². The molecule has 1 nitrogen and oxygen atoms in total. The Hall–Kier alpha value is -5.49. The molecule has 0 aromatic heterocycles. The zero-order valence-corrected chi connectivity index (χ0v) is 26.1. The minimum atomic E-state index is -3.04. The van der Waals surface area contributed by atoms with Crippen LogP contribution in [-0.2, 0) is 4.57 Å². The third-order valence-electron chi connectivity index (χ3n) is 8.95. The largest absolute Gasteiger partial charge is 0.309 e. The predicted octanol–water partition coefficient (Wildman–Crippen LogP) is 10.6. The van der Waals surface area contributed by atoms with Crippen molar-refractivity contribution in [2.24, 2.45) is 0 Å². The van der Waals surface area contributed by atoms with E-state index in [1.165, 1.54) is 43.8 Å². The average molecular weight is 607 g/mol. The number of hydrogen-bond donors (Lipinski definition) is 0. The van der Waals surface area contributed by atoms with Crippen LogP contribution < -0.4 is 15.9 Å². The third-order valence-corrected chi connectivity index (χ3v) is 12.0. The Labute approximate surface area is 269 Å². The van der Waals surface area contributed by atoms with E-state index in [2.05, 4.69) is 115 Å². The van der Waals surface area contributed by atoms with Crippen molar-refractivity contribution in [1.82, 2.24) is 0 Å². The Kier molecular flexibility index (Phi) is 7.18.